The molecule has 1 aliphatic rings. The number of likely N-dealkylation sites (tertiary alicyclic amines) is 1. The second-order valence-corrected chi connectivity index (χ2v) is 5.45. The summed E-state index contributed by atoms with van der Waals surface area (Å²) < 4.78 is 37.9. The van der Waals surface area contributed by atoms with E-state index >= 15 is 0 Å². The second-order valence-electron chi connectivity index (χ2n) is 5.45. The van der Waals surface area contributed by atoms with Crippen LogP contribution in [0, 0.1) is 17.8 Å². The molecule has 0 aromatic carbocycles. The first-order chi connectivity index (χ1) is 8.12. The van der Waals surface area contributed by atoms with Gasteiger partial charge in [-0.3, -0.25) is 9.69 Å². The van der Waals surface area contributed by atoms with Gasteiger partial charge in [-0.1, -0.05) is 13.8 Å². The molecule has 0 aromatic heterocycles. The van der Waals surface area contributed by atoms with E-state index in [-0.39, 0.29) is 12.0 Å². The molecule has 1 aliphatic heterocycles. The third-order valence-corrected chi connectivity index (χ3v) is 3.83. The Hall–Kier alpha value is -0.780. The molecule has 1 rings (SSSR count). The van der Waals surface area contributed by atoms with Crippen molar-refractivity contribution in [2.75, 3.05) is 13.1 Å². The quantitative estimate of drug-likeness (QED) is 0.854. The first-order valence-corrected chi connectivity index (χ1v) is 6.16. The number of hydrogen-bond donors (Lipinski definition) is 1. The van der Waals surface area contributed by atoms with Gasteiger partial charge in [0, 0.05) is 19.1 Å². The highest BCUT2D eigenvalue weighted by Gasteiger charge is 2.47. The summed E-state index contributed by atoms with van der Waals surface area (Å²) in [4.78, 5) is 12.4. The smallest absolute Gasteiger partial charge is 0.403 e. The fourth-order valence-electron chi connectivity index (χ4n) is 2.63. The lowest BCUT2D eigenvalue weighted by Gasteiger charge is -2.42. The Kier molecular flexibility index (Phi) is 4.64. The van der Waals surface area contributed by atoms with Gasteiger partial charge in [0.1, 0.15) is 0 Å². The van der Waals surface area contributed by atoms with Crippen molar-refractivity contribution >= 4 is 5.97 Å². The minimum Gasteiger partial charge on any atom is -0.481 e. The van der Waals surface area contributed by atoms with E-state index < -0.39 is 24.6 Å². The maximum Gasteiger partial charge on any atom is 0.403 e. The highest BCUT2D eigenvalue weighted by Crippen LogP contribution is 2.32. The summed E-state index contributed by atoms with van der Waals surface area (Å²) in [5.74, 6) is -3.49. The number of nitrogens with zero attached hydrogens (tertiary/aromatic N) is 1. The lowest BCUT2D eigenvalue weighted by Crippen LogP contribution is -2.51. The van der Waals surface area contributed by atoms with Crippen molar-refractivity contribution < 1.29 is 23.1 Å². The number of hydrogen-bond acceptors (Lipinski definition) is 2. The third kappa shape index (κ3) is 3.60. The zero-order valence-corrected chi connectivity index (χ0v) is 10.9. The van der Waals surface area contributed by atoms with E-state index in [1.807, 2.05) is 20.8 Å². The topological polar surface area (TPSA) is 40.5 Å². The standard InChI is InChI=1S/C12H20F3NO2/c1-7-4-8(2)9(3)16(5-7)6-10(11(17)18)12(13,14)15/h7-10H,4-6H2,1-3H3,(H,17,18). The van der Waals surface area contributed by atoms with Gasteiger partial charge in [0.25, 0.3) is 0 Å². The maximum atomic E-state index is 12.6. The normalized spacial score (nSPS) is 32.2. The van der Waals surface area contributed by atoms with Crippen LogP contribution >= 0.6 is 0 Å². The van der Waals surface area contributed by atoms with Gasteiger partial charge in [0.15, 0.2) is 5.92 Å². The number of carbonyl (C=O) groups is 1. The highest BCUT2D eigenvalue weighted by molar-refractivity contribution is 5.71. The minimum absolute atomic E-state index is 0.00889. The van der Waals surface area contributed by atoms with Crippen LogP contribution < -0.4 is 0 Å². The first-order valence-electron chi connectivity index (χ1n) is 6.16. The van der Waals surface area contributed by atoms with Crippen LogP contribution in [0.3, 0.4) is 0 Å². The molecule has 4 unspecified atom stereocenters. The predicted octanol–water partition coefficient (Wildman–Crippen LogP) is 2.62. The molecular formula is C12H20F3NO2. The number of carboxylic acids is 1. The van der Waals surface area contributed by atoms with Crippen molar-refractivity contribution in [3.63, 3.8) is 0 Å². The summed E-state index contributed by atoms with van der Waals surface area (Å²) in [5, 5.41) is 8.71. The van der Waals surface area contributed by atoms with E-state index in [0.717, 1.165) is 6.42 Å². The van der Waals surface area contributed by atoms with Crippen LogP contribution in [0.2, 0.25) is 0 Å². The van der Waals surface area contributed by atoms with Gasteiger partial charge in [-0.15, -0.1) is 0 Å². The molecule has 1 heterocycles. The molecule has 6 heteroatoms. The molecule has 18 heavy (non-hydrogen) atoms. The lowest BCUT2D eigenvalue weighted by atomic mass is 9.85. The van der Waals surface area contributed by atoms with Crippen LogP contribution in [-0.4, -0.2) is 41.3 Å². The number of rotatable bonds is 3. The molecule has 0 radical (unpaired) electrons. The molecule has 0 amide bonds. The Morgan fingerprint density at radius 3 is 2.39 bits per heavy atom. The summed E-state index contributed by atoms with van der Waals surface area (Å²) in [6.07, 6.45) is -3.71. The maximum absolute atomic E-state index is 12.6. The summed E-state index contributed by atoms with van der Waals surface area (Å²) in [7, 11) is 0. The molecule has 0 bridgehead atoms. The molecule has 1 saturated heterocycles. The number of aliphatic carboxylic acids is 1. The van der Waals surface area contributed by atoms with E-state index in [0.29, 0.717) is 12.5 Å². The fraction of sp³-hybridized carbons (Fsp3) is 0.917. The predicted molar refractivity (Wildman–Crippen MR) is 61.2 cm³/mol. The summed E-state index contributed by atoms with van der Waals surface area (Å²) in [6, 6.07) is -0.00889. The van der Waals surface area contributed by atoms with E-state index in [1.54, 1.807) is 4.90 Å². The monoisotopic (exact) mass is 267 g/mol. The average Bonchev–Trinajstić information content (AvgIpc) is 2.18. The molecule has 0 aromatic rings. The number of alkyl halides is 3. The van der Waals surface area contributed by atoms with Gasteiger partial charge in [0.2, 0.25) is 0 Å². The zero-order chi connectivity index (χ0) is 14.1. The van der Waals surface area contributed by atoms with E-state index in [2.05, 4.69) is 0 Å². The highest BCUT2D eigenvalue weighted by atomic mass is 19.4. The molecule has 4 atom stereocenters. The molecule has 106 valence electrons. The number of piperidine rings is 1. The van der Waals surface area contributed by atoms with Crippen LogP contribution in [0.15, 0.2) is 0 Å². The molecule has 1 N–H and O–H groups in total. The molecule has 1 fully saturated rings. The third-order valence-electron chi connectivity index (χ3n) is 3.83. The SMILES string of the molecule is CC1CC(C)C(C)N(CC(C(=O)O)C(F)(F)F)C1. The first kappa shape index (κ1) is 15.3. The molecule has 0 saturated carbocycles. The van der Waals surface area contributed by atoms with Crippen molar-refractivity contribution in [1.29, 1.82) is 0 Å². The number of carboxylic acid groups (broad SMARTS) is 1. The van der Waals surface area contributed by atoms with Crippen molar-refractivity contribution in [3.8, 4) is 0 Å². The Labute approximate surface area is 105 Å². The Balaban J connectivity index is 2.77. The van der Waals surface area contributed by atoms with Crippen LogP contribution in [0.5, 0.6) is 0 Å². The fourth-order valence-corrected chi connectivity index (χ4v) is 2.63. The summed E-state index contributed by atoms with van der Waals surface area (Å²) >= 11 is 0. The molecule has 0 aliphatic carbocycles. The Morgan fingerprint density at radius 1 is 1.39 bits per heavy atom. The lowest BCUT2D eigenvalue weighted by molar-refractivity contribution is -0.198. The van der Waals surface area contributed by atoms with Crippen molar-refractivity contribution in [2.45, 2.75) is 39.4 Å². The van der Waals surface area contributed by atoms with Crippen molar-refractivity contribution in [2.24, 2.45) is 17.8 Å². The van der Waals surface area contributed by atoms with E-state index in [4.69, 9.17) is 5.11 Å². The van der Waals surface area contributed by atoms with Gasteiger partial charge in [-0.2, -0.15) is 13.2 Å². The van der Waals surface area contributed by atoms with Crippen LogP contribution in [0.4, 0.5) is 13.2 Å². The Bertz CT molecular complexity index is 306. The van der Waals surface area contributed by atoms with Crippen molar-refractivity contribution in [3.05, 3.63) is 0 Å². The number of halogens is 3. The van der Waals surface area contributed by atoms with Gasteiger partial charge in [0.05, 0.1) is 0 Å². The zero-order valence-electron chi connectivity index (χ0n) is 10.9. The Morgan fingerprint density at radius 2 is 1.94 bits per heavy atom. The van der Waals surface area contributed by atoms with Crippen LogP contribution in [0.25, 0.3) is 0 Å². The largest absolute Gasteiger partial charge is 0.481 e. The average molecular weight is 267 g/mol. The minimum atomic E-state index is -4.69. The van der Waals surface area contributed by atoms with Gasteiger partial charge in [-0.05, 0) is 25.2 Å². The van der Waals surface area contributed by atoms with Gasteiger partial charge in [-0.25, -0.2) is 0 Å². The summed E-state index contributed by atoms with van der Waals surface area (Å²) in [5.41, 5.74) is 0. The second kappa shape index (κ2) is 5.47. The van der Waals surface area contributed by atoms with E-state index in [1.165, 1.54) is 0 Å². The molecule has 3 nitrogen and oxygen atoms in total. The summed E-state index contributed by atoms with van der Waals surface area (Å²) in [6.45, 7) is 5.93. The van der Waals surface area contributed by atoms with Crippen molar-refractivity contribution in [1.82, 2.24) is 4.90 Å². The molecular weight excluding hydrogens is 247 g/mol. The van der Waals surface area contributed by atoms with Gasteiger partial charge >= 0.3 is 12.1 Å². The van der Waals surface area contributed by atoms with E-state index in [9.17, 15) is 18.0 Å². The van der Waals surface area contributed by atoms with Gasteiger partial charge < -0.3 is 5.11 Å². The van der Waals surface area contributed by atoms with Crippen LogP contribution in [0.1, 0.15) is 27.2 Å². The van der Waals surface area contributed by atoms with Crippen LogP contribution in [-0.2, 0) is 4.79 Å². The molecule has 0 spiro atoms.